The summed E-state index contributed by atoms with van der Waals surface area (Å²) in [6.45, 7) is 3.76. The van der Waals surface area contributed by atoms with Gasteiger partial charge in [-0.05, 0) is 61.7 Å². The van der Waals surface area contributed by atoms with Crippen LogP contribution < -0.4 is 4.74 Å². The molecule has 0 radical (unpaired) electrons. The van der Waals surface area contributed by atoms with E-state index in [2.05, 4.69) is 4.90 Å². The lowest BCUT2D eigenvalue weighted by atomic mass is 9.87. The summed E-state index contributed by atoms with van der Waals surface area (Å²) >= 11 is 0. The van der Waals surface area contributed by atoms with E-state index in [1.807, 2.05) is 0 Å². The quantitative estimate of drug-likeness (QED) is 0.644. The molecule has 2 aliphatic rings. The normalized spacial score (nSPS) is 22.2. The fraction of sp³-hybridized carbons (Fsp3) is 0.480. The van der Waals surface area contributed by atoms with Crippen molar-refractivity contribution >= 4 is 5.91 Å². The summed E-state index contributed by atoms with van der Waals surface area (Å²) in [6, 6.07) is 12.6. The fourth-order valence-electron chi connectivity index (χ4n) is 4.96. The van der Waals surface area contributed by atoms with Crippen LogP contribution in [-0.4, -0.2) is 55.5 Å². The van der Waals surface area contributed by atoms with Crippen molar-refractivity contribution < 1.29 is 22.7 Å². The van der Waals surface area contributed by atoms with E-state index in [0.29, 0.717) is 30.0 Å². The van der Waals surface area contributed by atoms with Crippen molar-refractivity contribution in [1.29, 1.82) is 0 Å². The van der Waals surface area contributed by atoms with Crippen LogP contribution in [0.5, 0.6) is 5.75 Å². The van der Waals surface area contributed by atoms with Crippen molar-refractivity contribution in [2.45, 2.75) is 31.4 Å². The molecule has 2 aromatic rings. The van der Waals surface area contributed by atoms with E-state index in [4.69, 9.17) is 4.74 Å². The first-order valence-electron chi connectivity index (χ1n) is 11.2. The second-order valence-electron chi connectivity index (χ2n) is 8.79. The lowest BCUT2D eigenvalue weighted by Gasteiger charge is -2.31. The van der Waals surface area contributed by atoms with Crippen molar-refractivity contribution in [3.05, 3.63) is 65.2 Å². The molecule has 0 N–H and O–H groups in total. The highest BCUT2D eigenvalue weighted by Crippen LogP contribution is 2.37. The monoisotopic (exact) mass is 446 g/mol. The number of ether oxygens (including phenoxy) is 1. The van der Waals surface area contributed by atoms with Gasteiger partial charge >= 0.3 is 6.18 Å². The second kappa shape index (κ2) is 9.53. The Balaban J connectivity index is 1.59. The number of hydrogen-bond donors (Lipinski definition) is 0. The molecular formula is C25H29F3N2O2. The first kappa shape index (κ1) is 22.6. The lowest BCUT2D eigenvalue weighted by Crippen LogP contribution is -2.36. The number of benzene rings is 2. The zero-order chi connectivity index (χ0) is 22.7. The molecule has 2 aliphatic heterocycles. The summed E-state index contributed by atoms with van der Waals surface area (Å²) in [4.78, 5) is 17.4. The van der Waals surface area contributed by atoms with Crippen LogP contribution in [0.4, 0.5) is 13.2 Å². The lowest BCUT2D eigenvalue weighted by molar-refractivity contribution is -0.137. The summed E-state index contributed by atoms with van der Waals surface area (Å²) in [5.41, 5.74) is 0.554. The molecule has 0 aliphatic carbocycles. The van der Waals surface area contributed by atoms with E-state index in [-0.39, 0.29) is 17.7 Å². The third-order valence-electron chi connectivity index (χ3n) is 6.63. The summed E-state index contributed by atoms with van der Waals surface area (Å²) < 4.78 is 45.3. The number of alkyl halides is 3. The van der Waals surface area contributed by atoms with Gasteiger partial charge in [0.2, 0.25) is 0 Å². The molecular weight excluding hydrogens is 417 g/mol. The number of nitrogens with zero attached hydrogens (tertiary/aromatic N) is 2. The SMILES string of the molecule is COc1cccc(C(=O)N2C[C@H](CN3CCCCC3)[C@@H](c3cccc(C(F)(F)F)c3)C2)c1. The maximum atomic E-state index is 13.3. The number of rotatable bonds is 5. The van der Waals surface area contributed by atoms with E-state index >= 15 is 0 Å². The Kier molecular flexibility index (Phi) is 6.74. The molecule has 2 fully saturated rings. The molecule has 0 unspecified atom stereocenters. The topological polar surface area (TPSA) is 32.8 Å². The van der Waals surface area contributed by atoms with Crippen LogP contribution in [-0.2, 0) is 6.18 Å². The molecule has 1 amide bonds. The standard InChI is InChI=1S/C25H29F3N2O2/c1-32-22-10-6-8-19(14-22)24(31)30-16-20(15-29-11-3-2-4-12-29)23(17-30)18-7-5-9-21(13-18)25(26,27)28/h5-10,13-14,20,23H,2-4,11-12,15-17H2,1H3/t20-,23+/m0/s1. The van der Waals surface area contributed by atoms with Gasteiger partial charge in [-0.2, -0.15) is 13.2 Å². The van der Waals surface area contributed by atoms with Gasteiger partial charge in [0.25, 0.3) is 5.91 Å². The Bertz CT molecular complexity index is 941. The van der Waals surface area contributed by atoms with Crippen LogP contribution in [0, 0.1) is 5.92 Å². The van der Waals surface area contributed by atoms with E-state index in [9.17, 15) is 18.0 Å². The van der Waals surface area contributed by atoms with Gasteiger partial charge in [-0.25, -0.2) is 0 Å². The van der Waals surface area contributed by atoms with Crippen LogP contribution in [0.3, 0.4) is 0 Å². The number of amides is 1. The summed E-state index contributed by atoms with van der Waals surface area (Å²) in [7, 11) is 1.55. The number of likely N-dealkylation sites (tertiary alicyclic amines) is 2. The fourth-order valence-corrected chi connectivity index (χ4v) is 4.96. The minimum absolute atomic E-state index is 0.0890. The molecule has 32 heavy (non-hydrogen) atoms. The average molecular weight is 447 g/mol. The van der Waals surface area contributed by atoms with Crippen LogP contribution in [0.15, 0.2) is 48.5 Å². The van der Waals surface area contributed by atoms with Crippen LogP contribution in [0.25, 0.3) is 0 Å². The van der Waals surface area contributed by atoms with Crippen LogP contribution in [0.1, 0.15) is 46.7 Å². The Morgan fingerprint density at radius 1 is 1.03 bits per heavy atom. The number of carbonyl (C=O) groups excluding carboxylic acids is 1. The largest absolute Gasteiger partial charge is 0.497 e. The van der Waals surface area contributed by atoms with E-state index in [0.717, 1.165) is 38.5 Å². The summed E-state index contributed by atoms with van der Waals surface area (Å²) in [6.07, 6.45) is -0.868. The average Bonchev–Trinajstić information content (AvgIpc) is 3.22. The number of halogens is 3. The molecule has 0 spiro atoms. The van der Waals surface area contributed by atoms with Gasteiger partial charge in [0.05, 0.1) is 12.7 Å². The van der Waals surface area contributed by atoms with Crippen LogP contribution >= 0.6 is 0 Å². The van der Waals surface area contributed by atoms with Gasteiger partial charge in [-0.1, -0.05) is 30.7 Å². The molecule has 2 atom stereocenters. The van der Waals surface area contributed by atoms with E-state index in [1.54, 1.807) is 42.3 Å². The van der Waals surface area contributed by atoms with Gasteiger partial charge in [-0.3, -0.25) is 4.79 Å². The highest BCUT2D eigenvalue weighted by Gasteiger charge is 2.39. The zero-order valence-corrected chi connectivity index (χ0v) is 18.3. The third-order valence-corrected chi connectivity index (χ3v) is 6.63. The Morgan fingerprint density at radius 3 is 2.50 bits per heavy atom. The summed E-state index contributed by atoms with van der Waals surface area (Å²) in [5.74, 6) is 0.455. The van der Waals surface area contributed by atoms with Gasteiger partial charge in [0.15, 0.2) is 0 Å². The van der Waals surface area contributed by atoms with Crippen molar-refractivity contribution in [3.63, 3.8) is 0 Å². The smallest absolute Gasteiger partial charge is 0.416 e. The molecule has 0 bridgehead atoms. The molecule has 7 heteroatoms. The molecule has 2 heterocycles. The van der Waals surface area contributed by atoms with Crippen molar-refractivity contribution in [2.75, 3.05) is 39.8 Å². The molecule has 0 saturated carbocycles. The highest BCUT2D eigenvalue weighted by molar-refractivity contribution is 5.94. The number of hydrogen-bond acceptors (Lipinski definition) is 3. The molecule has 0 aromatic heterocycles. The van der Waals surface area contributed by atoms with Gasteiger partial charge in [0.1, 0.15) is 5.75 Å². The first-order valence-corrected chi connectivity index (χ1v) is 11.2. The number of carbonyl (C=O) groups is 1. The summed E-state index contributed by atoms with van der Waals surface area (Å²) in [5, 5.41) is 0. The van der Waals surface area contributed by atoms with Crippen molar-refractivity contribution in [1.82, 2.24) is 9.80 Å². The first-order chi connectivity index (χ1) is 15.3. The Labute approximate surface area is 187 Å². The second-order valence-corrected chi connectivity index (χ2v) is 8.79. The molecule has 2 saturated heterocycles. The van der Waals surface area contributed by atoms with Crippen molar-refractivity contribution in [3.8, 4) is 5.75 Å². The maximum absolute atomic E-state index is 13.3. The van der Waals surface area contributed by atoms with Gasteiger partial charge in [0, 0.05) is 31.1 Å². The molecule has 4 rings (SSSR count). The number of methoxy groups -OCH3 is 1. The van der Waals surface area contributed by atoms with Crippen molar-refractivity contribution in [2.24, 2.45) is 5.92 Å². The van der Waals surface area contributed by atoms with E-state index < -0.39 is 11.7 Å². The Morgan fingerprint density at radius 2 is 1.78 bits per heavy atom. The predicted octanol–water partition coefficient (Wildman–Crippen LogP) is 5.06. The zero-order valence-electron chi connectivity index (χ0n) is 18.3. The van der Waals surface area contributed by atoms with Crippen LogP contribution in [0.2, 0.25) is 0 Å². The Hall–Kier alpha value is -2.54. The minimum atomic E-state index is -4.38. The van der Waals surface area contributed by atoms with E-state index in [1.165, 1.54) is 18.6 Å². The van der Waals surface area contributed by atoms with Gasteiger partial charge < -0.3 is 14.5 Å². The molecule has 172 valence electrons. The third kappa shape index (κ3) is 5.09. The predicted molar refractivity (Wildman–Crippen MR) is 117 cm³/mol. The number of piperidine rings is 1. The highest BCUT2D eigenvalue weighted by atomic mass is 19.4. The molecule has 4 nitrogen and oxygen atoms in total. The van der Waals surface area contributed by atoms with Gasteiger partial charge in [-0.15, -0.1) is 0 Å². The minimum Gasteiger partial charge on any atom is -0.497 e. The molecule has 2 aromatic carbocycles. The maximum Gasteiger partial charge on any atom is 0.416 e.